The number of aliphatic hydroxyl groups excluding tert-OH is 1. The van der Waals surface area contributed by atoms with Crippen molar-refractivity contribution in [3.05, 3.63) is 42.2 Å². The molecule has 29 heavy (non-hydrogen) atoms. The van der Waals surface area contributed by atoms with E-state index in [1.807, 2.05) is 19.9 Å². The van der Waals surface area contributed by atoms with Crippen LogP contribution in [0.25, 0.3) is 5.65 Å². The maximum Gasteiger partial charge on any atom is 0.271 e. The molecule has 0 radical (unpaired) electrons. The Morgan fingerprint density at radius 2 is 2.14 bits per heavy atom. The number of nitrogens with one attached hydrogen (secondary N) is 2. The second-order valence-electron chi connectivity index (χ2n) is 7.86. The summed E-state index contributed by atoms with van der Waals surface area (Å²) in [6.07, 6.45) is 9.89. The van der Waals surface area contributed by atoms with Gasteiger partial charge >= 0.3 is 0 Å². The highest BCUT2D eigenvalue weighted by molar-refractivity contribution is 5.94. The van der Waals surface area contributed by atoms with Gasteiger partial charge in [-0.3, -0.25) is 14.0 Å². The third-order valence-electron chi connectivity index (χ3n) is 5.35. The van der Waals surface area contributed by atoms with Gasteiger partial charge < -0.3 is 15.7 Å². The molecule has 2 heterocycles. The van der Waals surface area contributed by atoms with Crippen molar-refractivity contribution in [2.45, 2.75) is 64.5 Å². The molecular formula is C22H30N4O3. The number of imidazole rings is 1. The van der Waals surface area contributed by atoms with E-state index in [0.29, 0.717) is 24.3 Å². The van der Waals surface area contributed by atoms with E-state index >= 15 is 0 Å². The Hall–Kier alpha value is -2.67. The summed E-state index contributed by atoms with van der Waals surface area (Å²) in [7, 11) is 0. The molecular weight excluding hydrogens is 368 g/mol. The molecule has 3 atom stereocenters. The normalized spacial score (nSPS) is 20.7. The van der Waals surface area contributed by atoms with Crippen LogP contribution in [0.15, 0.2) is 36.5 Å². The van der Waals surface area contributed by atoms with Crippen LogP contribution in [0.4, 0.5) is 5.82 Å². The quantitative estimate of drug-likeness (QED) is 0.624. The van der Waals surface area contributed by atoms with Gasteiger partial charge in [0.25, 0.3) is 5.91 Å². The van der Waals surface area contributed by atoms with Gasteiger partial charge in [-0.05, 0) is 44.2 Å². The number of fused-ring (bicyclic) bond motifs is 1. The van der Waals surface area contributed by atoms with Gasteiger partial charge in [-0.25, -0.2) is 4.98 Å². The van der Waals surface area contributed by atoms with Crippen LogP contribution >= 0.6 is 0 Å². The third kappa shape index (κ3) is 5.44. The van der Waals surface area contributed by atoms with Gasteiger partial charge in [0.05, 0.1) is 12.1 Å². The molecule has 0 bridgehead atoms. The first-order valence-corrected chi connectivity index (χ1v) is 10.4. The van der Waals surface area contributed by atoms with Gasteiger partial charge in [0.2, 0.25) is 5.91 Å². The minimum absolute atomic E-state index is 0.0699. The van der Waals surface area contributed by atoms with Crippen molar-refractivity contribution in [1.29, 1.82) is 0 Å². The van der Waals surface area contributed by atoms with Crippen LogP contribution in [0, 0.1) is 5.92 Å². The summed E-state index contributed by atoms with van der Waals surface area (Å²) in [5.41, 5.74) is 0.852. The summed E-state index contributed by atoms with van der Waals surface area (Å²) in [6, 6.07) is 5.14. The molecule has 3 unspecified atom stereocenters. The van der Waals surface area contributed by atoms with Gasteiger partial charge in [-0.15, -0.1) is 0 Å². The van der Waals surface area contributed by atoms with Gasteiger partial charge in [-0.2, -0.15) is 0 Å². The Bertz CT molecular complexity index is 889. The second-order valence-corrected chi connectivity index (χ2v) is 7.86. The predicted octanol–water partition coefficient (Wildman–Crippen LogP) is 3.30. The maximum atomic E-state index is 12.6. The summed E-state index contributed by atoms with van der Waals surface area (Å²) >= 11 is 0. The molecule has 1 aliphatic carbocycles. The SMILES string of the molecule is C/C=C\CC(C)CC(=O)Nc1cccc2nc(C(=O)NC3CCCCC3O)cn12. The number of hydrogen-bond acceptors (Lipinski definition) is 4. The van der Waals surface area contributed by atoms with Gasteiger partial charge in [0.1, 0.15) is 17.2 Å². The smallest absolute Gasteiger partial charge is 0.271 e. The van der Waals surface area contributed by atoms with E-state index in [4.69, 9.17) is 0 Å². The van der Waals surface area contributed by atoms with Crippen molar-refractivity contribution in [3.8, 4) is 0 Å². The number of anilines is 1. The molecule has 0 spiro atoms. The van der Waals surface area contributed by atoms with Gasteiger partial charge in [0.15, 0.2) is 0 Å². The first-order chi connectivity index (χ1) is 14.0. The second kappa shape index (κ2) is 9.69. The monoisotopic (exact) mass is 398 g/mol. The number of amides is 2. The molecule has 7 nitrogen and oxygen atoms in total. The average Bonchev–Trinajstić information content (AvgIpc) is 3.13. The summed E-state index contributed by atoms with van der Waals surface area (Å²) in [5, 5.41) is 15.9. The van der Waals surface area contributed by atoms with E-state index in [9.17, 15) is 14.7 Å². The highest BCUT2D eigenvalue weighted by Gasteiger charge is 2.25. The van der Waals surface area contributed by atoms with Crippen molar-refractivity contribution in [1.82, 2.24) is 14.7 Å². The number of hydrogen-bond donors (Lipinski definition) is 3. The van der Waals surface area contributed by atoms with Crippen LogP contribution in [-0.4, -0.2) is 38.5 Å². The van der Waals surface area contributed by atoms with Crippen molar-refractivity contribution >= 4 is 23.3 Å². The number of pyridine rings is 1. The zero-order valence-corrected chi connectivity index (χ0v) is 17.1. The topological polar surface area (TPSA) is 95.7 Å². The number of nitrogens with zero attached hydrogens (tertiary/aromatic N) is 2. The molecule has 0 aliphatic heterocycles. The number of carbonyl (C=O) groups is 2. The summed E-state index contributed by atoms with van der Waals surface area (Å²) < 4.78 is 1.71. The van der Waals surface area contributed by atoms with Gasteiger partial charge in [0, 0.05) is 12.6 Å². The molecule has 1 aliphatic rings. The first kappa shape index (κ1) is 21.0. The van der Waals surface area contributed by atoms with E-state index in [0.717, 1.165) is 25.7 Å². The molecule has 156 valence electrons. The fourth-order valence-electron chi connectivity index (χ4n) is 3.71. The zero-order chi connectivity index (χ0) is 20.8. The number of rotatable bonds is 7. The van der Waals surface area contributed by atoms with Crippen LogP contribution in [0.3, 0.4) is 0 Å². The van der Waals surface area contributed by atoms with Crippen LogP contribution < -0.4 is 10.6 Å². The zero-order valence-electron chi connectivity index (χ0n) is 17.1. The molecule has 1 saturated carbocycles. The molecule has 2 amide bonds. The molecule has 2 aromatic rings. The number of aliphatic hydroxyl groups is 1. The lowest BCUT2D eigenvalue weighted by molar-refractivity contribution is -0.117. The molecule has 1 fully saturated rings. The van der Waals surface area contributed by atoms with Gasteiger partial charge in [-0.1, -0.05) is 38.0 Å². The number of aromatic nitrogens is 2. The standard InChI is InChI=1S/C22H30N4O3/c1-3-4-8-15(2)13-21(28)25-20-12-7-11-19-23-17(14-26(19)20)22(29)24-16-9-5-6-10-18(16)27/h3-4,7,11-12,14-16,18,27H,5-6,8-10,13H2,1-2H3,(H,24,29)(H,25,28)/b4-3-. The highest BCUT2D eigenvalue weighted by atomic mass is 16.3. The maximum absolute atomic E-state index is 12.6. The van der Waals surface area contributed by atoms with E-state index in [1.54, 1.807) is 28.8 Å². The van der Waals surface area contributed by atoms with E-state index in [-0.39, 0.29) is 29.5 Å². The molecule has 2 aromatic heterocycles. The minimum atomic E-state index is -0.510. The summed E-state index contributed by atoms with van der Waals surface area (Å²) in [6.45, 7) is 4.01. The predicted molar refractivity (Wildman–Crippen MR) is 113 cm³/mol. The third-order valence-corrected chi connectivity index (χ3v) is 5.35. The Labute approximate surface area is 171 Å². The van der Waals surface area contributed by atoms with Crippen molar-refractivity contribution in [3.63, 3.8) is 0 Å². The van der Waals surface area contributed by atoms with Crippen LogP contribution in [0.1, 0.15) is 62.9 Å². The molecule has 3 N–H and O–H groups in total. The molecule has 3 rings (SSSR count). The fourth-order valence-corrected chi connectivity index (χ4v) is 3.71. The van der Waals surface area contributed by atoms with Crippen molar-refractivity contribution in [2.75, 3.05) is 5.32 Å². The van der Waals surface area contributed by atoms with E-state index < -0.39 is 6.10 Å². The fraction of sp³-hybridized carbons (Fsp3) is 0.500. The molecule has 7 heteroatoms. The average molecular weight is 399 g/mol. The lowest BCUT2D eigenvalue weighted by Gasteiger charge is -2.27. The minimum Gasteiger partial charge on any atom is -0.391 e. The van der Waals surface area contributed by atoms with Crippen LogP contribution in [0.2, 0.25) is 0 Å². The largest absolute Gasteiger partial charge is 0.391 e. The summed E-state index contributed by atoms with van der Waals surface area (Å²) in [4.78, 5) is 29.4. The van der Waals surface area contributed by atoms with E-state index in [1.165, 1.54) is 0 Å². The molecule has 0 saturated heterocycles. The number of carbonyl (C=O) groups excluding carboxylic acids is 2. The number of allylic oxidation sites excluding steroid dienone is 2. The van der Waals surface area contributed by atoms with Crippen LogP contribution in [-0.2, 0) is 4.79 Å². The van der Waals surface area contributed by atoms with Crippen LogP contribution in [0.5, 0.6) is 0 Å². The summed E-state index contributed by atoms with van der Waals surface area (Å²) in [5.74, 6) is 0.447. The van der Waals surface area contributed by atoms with E-state index in [2.05, 4.69) is 21.7 Å². The van der Waals surface area contributed by atoms with Crippen molar-refractivity contribution in [2.24, 2.45) is 5.92 Å². The highest BCUT2D eigenvalue weighted by Crippen LogP contribution is 2.20. The van der Waals surface area contributed by atoms with Crippen molar-refractivity contribution < 1.29 is 14.7 Å². The Balaban J connectivity index is 1.70. The lowest BCUT2D eigenvalue weighted by Crippen LogP contribution is -2.45. The Morgan fingerprint density at radius 1 is 1.34 bits per heavy atom. The first-order valence-electron chi connectivity index (χ1n) is 10.4. The molecule has 0 aromatic carbocycles. The Morgan fingerprint density at radius 3 is 2.90 bits per heavy atom. The lowest BCUT2D eigenvalue weighted by atomic mass is 9.92. The Kier molecular flexibility index (Phi) is 7.04.